The molecule has 0 N–H and O–H groups in total. The van der Waals surface area contributed by atoms with Crippen LogP contribution in [-0.2, 0) is 6.54 Å². The number of nitrogens with zero attached hydrogens (tertiary/aromatic N) is 1. The van der Waals surface area contributed by atoms with Crippen LogP contribution in [0.2, 0.25) is 5.02 Å². The summed E-state index contributed by atoms with van der Waals surface area (Å²) in [7, 11) is 2.03. The number of Topliss-reactive ketones (excluding diaryl/α,β-unsaturated/α-hetero) is 1. The minimum absolute atomic E-state index is 0.139. The van der Waals surface area contributed by atoms with E-state index in [1.165, 1.54) is 4.88 Å². The molecule has 0 unspecified atom stereocenters. The second kappa shape index (κ2) is 6.85. The number of carbonyl (C=O) groups is 1. The Morgan fingerprint density at radius 1 is 1.32 bits per heavy atom. The molecule has 1 aromatic carbocycles. The number of halogens is 1. The van der Waals surface area contributed by atoms with E-state index in [0.717, 1.165) is 13.1 Å². The van der Waals surface area contributed by atoms with Gasteiger partial charge in [0.25, 0.3) is 0 Å². The van der Waals surface area contributed by atoms with E-state index in [4.69, 9.17) is 11.6 Å². The minimum Gasteiger partial charge on any atom is -0.301 e. The van der Waals surface area contributed by atoms with Crippen molar-refractivity contribution < 1.29 is 4.79 Å². The molecule has 2 aromatic rings. The number of ketones is 1. The predicted octanol–water partition coefficient (Wildman–Crippen LogP) is 4.11. The van der Waals surface area contributed by atoms with Gasteiger partial charge in [-0.2, -0.15) is 0 Å². The first-order valence-corrected chi connectivity index (χ1v) is 7.40. The fourth-order valence-electron chi connectivity index (χ4n) is 1.85. The number of benzene rings is 1. The number of carbonyl (C=O) groups excluding carboxylic acids is 1. The molecule has 0 bridgehead atoms. The van der Waals surface area contributed by atoms with Crippen molar-refractivity contribution in [2.24, 2.45) is 0 Å². The summed E-state index contributed by atoms with van der Waals surface area (Å²) in [5.74, 6) is 0.139. The maximum absolute atomic E-state index is 12.0. The van der Waals surface area contributed by atoms with Crippen molar-refractivity contribution in [2.75, 3.05) is 13.6 Å². The molecule has 0 fully saturated rings. The van der Waals surface area contributed by atoms with E-state index in [-0.39, 0.29) is 5.78 Å². The topological polar surface area (TPSA) is 20.3 Å². The van der Waals surface area contributed by atoms with E-state index < -0.39 is 0 Å². The maximum atomic E-state index is 12.0. The van der Waals surface area contributed by atoms with Gasteiger partial charge in [-0.3, -0.25) is 4.79 Å². The molecule has 0 aliphatic carbocycles. The number of hydrogen-bond acceptors (Lipinski definition) is 3. The third kappa shape index (κ3) is 4.46. The van der Waals surface area contributed by atoms with Gasteiger partial charge in [-0.05, 0) is 30.6 Å². The van der Waals surface area contributed by atoms with Crippen molar-refractivity contribution in [2.45, 2.75) is 13.0 Å². The van der Waals surface area contributed by atoms with E-state index in [0.29, 0.717) is 17.0 Å². The Labute approximate surface area is 122 Å². The van der Waals surface area contributed by atoms with E-state index in [9.17, 15) is 4.79 Å². The smallest absolute Gasteiger partial charge is 0.164 e. The largest absolute Gasteiger partial charge is 0.301 e. The zero-order chi connectivity index (χ0) is 13.7. The molecule has 0 saturated carbocycles. The second-order valence-corrected chi connectivity index (χ2v) is 5.97. The Hall–Kier alpha value is -1.16. The highest BCUT2D eigenvalue weighted by Crippen LogP contribution is 2.14. The molecule has 2 nitrogen and oxygen atoms in total. The van der Waals surface area contributed by atoms with Crippen molar-refractivity contribution in [3.8, 4) is 0 Å². The van der Waals surface area contributed by atoms with Gasteiger partial charge in [-0.15, -0.1) is 11.3 Å². The fourth-order valence-corrected chi connectivity index (χ4v) is 2.82. The Morgan fingerprint density at radius 3 is 2.84 bits per heavy atom. The van der Waals surface area contributed by atoms with Crippen LogP contribution < -0.4 is 0 Å². The standard InChI is InChI=1S/C15H16ClNOS/c1-17(11-14-6-3-9-19-14)8-7-15(18)12-4-2-5-13(16)10-12/h2-6,9-10H,7-8,11H2,1H3. The predicted molar refractivity (Wildman–Crippen MR) is 81.1 cm³/mol. The zero-order valence-electron chi connectivity index (χ0n) is 10.8. The summed E-state index contributed by atoms with van der Waals surface area (Å²) in [5.41, 5.74) is 0.692. The summed E-state index contributed by atoms with van der Waals surface area (Å²) in [6, 6.07) is 11.3. The zero-order valence-corrected chi connectivity index (χ0v) is 12.4. The van der Waals surface area contributed by atoms with Gasteiger partial charge >= 0.3 is 0 Å². The highest BCUT2D eigenvalue weighted by atomic mass is 35.5. The Morgan fingerprint density at radius 2 is 2.16 bits per heavy atom. The van der Waals surface area contributed by atoms with Crippen molar-refractivity contribution in [3.63, 3.8) is 0 Å². The van der Waals surface area contributed by atoms with Crippen LogP contribution >= 0.6 is 22.9 Å². The lowest BCUT2D eigenvalue weighted by Gasteiger charge is -2.14. The molecule has 1 heterocycles. The van der Waals surface area contributed by atoms with E-state index in [2.05, 4.69) is 16.3 Å². The highest BCUT2D eigenvalue weighted by molar-refractivity contribution is 7.09. The molecular formula is C15H16ClNOS. The first-order valence-electron chi connectivity index (χ1n) is 6.15. The Kier molecular flexibility index (Phi) is 5.14. The normalized spacial score (nSPS) is 10.9. The Balaban J connectivity index is 1.83. The van der Waals surface area contributed by atoms with Crippen LogP contribution in [0.15, 0.2) is 41.8 Å². The van der Waals surface area contributed by atoms with Gasteiger partial charge in [0.2, 0.25) is 0 Å². The van der Waals surface area contributed by atoms with Gasteiger partial charge in [0.05, 0.1) is 0 Å². The molecule has 0 saturated heterocycles. The molecule has 0 aliphatic heterocycles. The molecule has 1 aromatic heterocycles. The molecule has 0 atom stereocenters. The quantitative estimate of drug-likeness (QED) is 0.747. The molecule has 2 rings (SSSR count). The van der Waals surface area contributed by atoms with Gasteiger partial charge in [-0.25, -0.2) is 0 Å². The SMILES string of the molecule is CN(CCC(=O)c1cccc(Cl)c1)Cc1cccs1. The average Bonchev–Trinajstić information content (AvgIpc) is 2.88. The van der Waals surface area contributed by atoms with Crippen LogP contribution in [0.4, 0.5) is 0 Å². The average molecular weight is 294 g/mol. The number of thiophene rings is 1. The summed E-state index contributed by atoms with van der Waals surface area (Å²) in [6.45, 7) is 1.64. The molecule has 100 valence electrons. The number of hydrogen-bond donors (Lipinski definition) is 0. The minimum atomic E-state index is 0.139. The highest BCUT2D eigenvalue weighted by Gasteiger charge is 2.08. The monoisotopic (exact) mass is 293 g/mol. The molecule has 0 amide bonds. The van der Waals surface area contributed by atoms with E-state index in [1.807, 2.05) is 25.2 Å². The van der Waals surface area contributed by atoms with Crippen LogP contribution in [0.3, 0.4) is 0 Å². The van der Waals surface area contributed by atoms with Gasteiger partial charge in [0.15, 0.2) is 5.78 Å². The lowest BCUT2D eigenvalue weighted by atomic mass is 10.1. The van der Waals surface area contributed by atoms with Gasteiger partial charge in [-0.1, -0.05) is 29.8 Å². The Bertz CT molecular complexity index is 539. The molecule has 19 heavy (non-hydrogen) atoms. The number of rotatable bonds is 6. The lowest BCUT2D eigenvalue weighted by molar-refractivity contribution is 0.0968. The molecule has 0 spiro atoms. The van der Waals surface area contributed by atoms with Gasteiger partial charge in [0, 0.05) is 35.0 Å². The van der Waals surface area contributed by atoms with Gasteiger partial charge in [0.1, 0.15) is 0 Å². The van der Waals surface area contributed by atoms with Crippen molar-refractivity contribution in [3.05, 3.63) is 57.2 Å². The maximum Gasteiger partial charge on any atom is 0.164 e. The van der Waals surface area contributed by atoms with E-state index in [1.54, 1.807) is 23.5 Å². The van der Waals surface area contributed by atoms with Crippen molar-refractivity contribution in [1.29, 1.82) is 0 Å². The third-order valence-electron chi connectivity index (χ3n) is 2.87. The summed E-state index contributed by atoms with van der Waals surface area (Å²) in [4.78, 5) is 15.5. The second-order valence-electron chi connectivity index (χ2n) is 4.50. The molecule has 0 aliphatic rings. The molecular weight excluding hydrogens is 278 g/mol. The van der Waals surface area contributed by atoms with Crippen LogP contribution in [-0.4, -0.2) is 24.3 Å². The van der Waals surface area contributed by atoms with Crippen molar-refractivity contribution >= 4 is 28.7 Å². The molecule has 0 radical (unpaired) electrons. The third-order valence-corrected chi connectivity index (χ3v) is 3.97. The fraction of sp³-hybridized carbons (Fsp3) is 0.267. The summed E-state index contributed by atoms with van der Waals surface area (Å²) < 4.78 is 0. The van der Waals surface area contributed by atoms with Crippen molar-refractivity contribution in [1.82, 2.24) is 4.90 Å². The van der Waals surface area contributed by atoms with Crippen LogP contribution in [0.1, 0.15) is 21.7 Å². The molecule has 4 heteroatoms. The summed E-state index contributed by atoms with van der Waals surface area (Å²) in [6.07, 6.45) is 0.516. The van der Waals surface area contributed by atoms with Crippen LogP contribution in [0.5, 0.6) is 0 Å². The summed E-state index contributed by atoms with van der Waals surface area (Å²) >= 11 is 7.62. The first-order chi connectivity index (χ1) is 9.15. The summed E-state index contributed by atoms with van der Waals surface area (Å²) in [5, 5.41) is 2.68. The van der Waals surface area contributed by atoms with Crippen LogP contribution in [0, 0.1) is 0 Å². The first kappa shape index (κ1) is 14.3. The van der Waals surface area contributed by atoms with E-state index >= 15 is 0 Å². The van der Waals surface area contributed by atoms with Crippen LogP contribution in [0.25, 0.3) is 0 Å². The van der Waals surface area contributed by atoms with Gasteiger partial charge < -0.3 is 4.90 Å². The lowest BCUT2D eigenvalue weighted by Crippen LogP contribution is -2.21.